The molecule has 0 bridgehead atoms. The van der Waals surface area contributed by atoms with Crippen LogP contribution in [0.15, 0.2) is 42.5 Å². The van der Waals surface area contributed by atoms with E-state index in [1.807, 2.05) is 31.2 Å². The number of sulfonamides is 1. The second-order valence-electron chi connectivity index (χ2n) is 7.13. The van der Waals surface area contributed by atoms with Gasteiger partial charge in [0.15, 0.2) is 0 Å². The van der Waals surface area contributed by atoms with Gasteiger partial charge < -0.3 is 5.32 Å². The highest BCUT2D eigenvalue weighted by Crippen LogP contribution is 2.25. The molecule has 27 heavy (non-hydrogen) atoms. The van der Waals surface area contributed by atoms with Crippen LogP contribution in [0.1, 0.15) is 48.1 Å². The van der Waals surface area contributed by atoms with Gasteiger partial charge in [0.25, 0.3) is 0 Å². The molecule has 2 aromatic carbocycles. The van der Waals surface area contributed by atoms with E-state index >= 15 is 0 Å². The number of fused-ring (bicyclic) bond motifs is 1. The van der Waals surface area contributed by atoms with Crippen LogP contribution in [0.25, 0.3) is 0 Å². The lowest BCUT2D eigenvalue weighted by molar-refractivity contribution is 0.553. The number of hydrogen-bond acceptors (Lipinski definition) is 3. The number of hydrogen-bond donors (Lipinski definition) is 2. The van der Waals surface area contributed by atoms with Gasteiger partial charge in [0.2, 0.25) is 10.0 Å². The van der Waals surface area contributed by atoms with Gasteiger partial charge in [-0.15, -0.1) is 0 Å². The van der Waals surface area contributed by atoms with Crippen molar-refractivity contribution >= 4 is 21.6 Å². The highest BCUT2D eigenvalue weighted by atomic mass is 35.5. The second-order valence-corrected chi connectivity index (χ2v) is 9.44. The average molecular weight is 407 g/mol. The Kier molecular flexibility index (Phi) is 6.93. The first-order valence-corrected chi connectivity index (χ1v) is 11.6. The summed E-state index contributed by atoms with van der Waals surface area (Å²) in [5.41, 5.74) is 4.68. The van der Waals surface area contributed by atoms with Crippen molar-refractivity contribution in [1.29, 1.82) is 0 Å². The van der Waals surface area contributed by atoms with Gasteiger partial charge in [-0.05, 0) is 66.6 Å². The molecule has 2 N–H and O–H groups in total. The molecule has 0 saturated heterocycles. The molecular formula is C21H27ClN2O2S. The Labute approximate surface area is 167 Å². The summed E-state index contributed by atoms with van der Waals surface area (Å²) in [7, 11) is -3.33. The summed E-state index contributed by atoms with van der Waals surface area (Å²) in [6, 6.07) is 13.7. The number of benzene rings is 2. The molecule has 146 valence electrons. The minimum Gasteiger partial charge on any atom is -0.313 e. The van der Waals surface area contributed by atoms with E-state index in [2.05, 4.69) is 28.2 Å². The van der Waals surface area contributed by atoms with Gasteiger partial charge in [-0.3, -0.25) is 0 Å². The molecule has 1 aliphatic heterocycles. The summed E-state index contributed by atoms with van der Waals surface area (Å²) < 4.78 is 27.8. The Morgan fingerprint density at radius 1 is 1.15 bits per heavy atom. The highest BCUT2D eigenvalue weighted by Gasteiger charge is 2.21. The van der Waals surface area contributed by atoms with E-state index in [0.717, 1.165) is 37.1 Å². The van der Waals surface area contributed by atoms with Gasteiger partial charge >= 0.3 is 0 Å². The Bertz CT molecular complexity index is 866. The molecule has 6 heteroatoms. The SMILES string of the molecule is CCCS(=O)(=O)NC(Cc1ccc(Cl)cc1)c1ccc2c(c1)CNCCC2. The first-order chi connectivity index (χ1) is 13.0. The fourth-order valence-electron chi connectivity index (χ4n) is 3.53. The molecule has 1 atom stereocenters. The van der Waals surface area contributed by atoms with E-state index in [0.29, 0.717) is 17.9 Å². The van der Waals surface area contributed by atoms with Crippen molar-refractivity contribution in [3.05, 3.63) is 69.7 Å². The molecule has 1 aliphatic rings. The Balaban J connectivity index is 1.90. The summed E-state index contributed by atoms with van der Waals surface area (Å²) in [4.78, 5) is 0. The maximum absolute atomic E-state index is 12.5. The topological polar surface area (TPSA) is 58.2 Å². The van der Waals surface area contributed by atoms with Crippen LogP contribution in [0, 0.1) is 0 Å². The molecule has 0 spiro atoms. The quantitative estimate of drug-likeness (QED) is 0.730. The molecule has 1 unspecified atom stereocenters. The molecule has 0 aliphatic carbocycles. The van der Waals surface area contributed by atoms with E-state index < -0.39 is 10.0 Å². The van der Waals surface area contributed by atoms with Crippen molar-refractivity contribution in [3.63, 3.8) is 0 Å². The zero-order valence-corrected chi connectivity index (χ0v) is 17.2. The van der Waals surface area contributed by atoms with Crippen molar-refractivity contribution in [2.45, 2.75) is 45.2 Å². The maximum atomic E-state index is 12.5. The van der Waals surface area contributed by atoms with Crippen molar-refractivity contribution in [3.8, 4) is 0 Å². The molecule has 0 saturated carbocycles. The molecular weight excluding hydrogens is 380 g/mol. The predicted octanol–water partition coefficient (Wildman–Crippen LogP) is 3.99. The molecule has 0 fully saturated rings. The molecule has 0 radical (unpaired) electrons. The summed E-state index contributed by atoms with van der Waals surface area (Å²) in [5, 5.41) is 4.12. The first-order valence-electron chi connectivity index (χ1n) is 9.53. The normalized spacial score (nSPS) is 15.8. The molecule has 1 heterocycles. The van der Waals surface area contributed by atoms with Gasteiger partial charge in [0.05, 0.1) is 11.8 Å². The summed E-state index contributed by atoms with van der Waals surface area (Å²) in [5.74, 6) is 0.136. The predicted molar refractivity (Wildman–Crippen MR) is 112 cm³/mol. The maximum Gasteiger partial charge on any atom is 0.212 e. The third kappa shape index (κ3) is 5.79. The van der Waals surface area contributed by atoms with Gasteiger partial charge in [-0.1, -0.05) is 48.9 Å². The number of halogens is 1. The largest absolute Gasteiger partial charge is 0.313 e. The van der Waals surface area contributed by atoms with Crippen LogP contribution in [-0.2, 0) is 29.4 Å². The van der Waals surface area contributed by atoms with Crippen LogP contribution in [0.2, 0.25) is 5.02 Å². The molecule has 4 nitrogen and oxygen atoms in total. The smallest absolute Gasteiger partial charge is 0.212 e. The lowest BCUT2D eigenvalue weighted by Gasteiger charge is -2.21. The van der Waals surface area contributed by atoms with Crippen LogP contribution in [0.5, 0.6) is 0 Å². The minimum atomic E-state index is -3.33. The van der Waals surface area contributed by atoms with E-state index in [1.165, 1.54) is 11.1 Å². The van der Waals surface area contributed by atoms with Gasteiger partial charge in [-0.2, -0.15) is 0 Å². The van der Waals surface area contributed by atoms with Crippen molar-refractivity contribution in [1.82, 2.24) is 10.0 Å². The van der Waals surface area contributed by atoms with E-state index in [-0.39, 0.29) is 11.8 Å². The number of nitrogens with one attached hydrogen (secondary N) is 2. The highest BCUT2D eigenvalue weighted by molar-refractivity contribution is 7.89. The minimum absolute atomic E-state index is 0.136. The number of rotatable bonds is 7. The molecule has 0 aromatic heterocycles. The molecule has 3 rings (SSSR count). The van der Waals surface area contributed by atoms with Gasteiger partial charge in [0.1, 0.15) is 0 Å². The average Bonchev–Trinajstić information content (AvgIpc) is 2.87. The van der Waals surface area contributed by atoms with Crippen molar-refractivity contribution in [2.75, 3.05) is 12.3 Å². The lowest BCUT2D eigenvalue weighted by Crippen LogP contribution is -2.32. The third-order valence-corrected chi connectivity index (χ3v) is 6.74. The first kappa shape index (κ1) is 20.3. The third-order valence-electron chi connectivity index (χ3n) is 4.90. The molecule has 2 aromatic rings. The van der Waals surface area contributed by atoms with E-state index in [9.17, 15) is 8.42 Å². The van der Waals surface area contributed by atoms with E-state index in [4.69, 9.17) is 11.6 Å². The lowest BCUT2D eigenvalue weighted by atomic mass is 9.95. The second kappa shape index (κ2) is 9.20. The van der Waals surface area contributed by atoms with Crippen LogP contribution >= 0.6 is 11.6 Å². The van der Waals surface area contributed by atoms with E-state index in [1.54, 1.807) is 0 Å². The summed E-state index contributed by atoms with van der Waals surface area (Å²) in [6.45, 7) is 3.72. The standard InChI is InChI=1S/C21H27ClN2O2S/c1-2-12-27(25,26)24-21(13-16-5-9-20(22)10-6-16)18-8-7-17-4-3-11-23-15-19(17)14-18/h5-10,14,21,23-24H,2-4,11-13,15H2,1H3. The number of aryl methyl sites for hydroxylation is 1. The van der Waals surface area contributed by atoms with Crippen LogP contribution in [0.4, 0.5) is 0 Å². The summed E-state index contributed by atoms with van der Waals surface area (Å²) >= 11 is 5.99. The summed E-state index contributed by atoms with van der Waals surface area (Å²) in [6.07, 6.45) is 3.37. The zero-order valence-electron chi connectivity index (χ0n) is 15.7. The van der Waals surface area contributed by atoms with Crippen LogP contribution < -0.4 is 10.0 Å². The van der Waals surface area contributed by atoms with Crippen molar-refractivity contribution < 1.29 is 8.42 Å². The zero-order chi connectivity index (χ0) is 19.3. The fourth-order valence-corrected chi connectivity index (χ4v) is 4.96. The van der Waals surface area contributed by atoms with Gasteiger partial charge in [0, 0.05) is 11.6 Å². The fraction of sp³-hybridized carbons (Fsp3) is 0.429. The van der Waals surface area contributed by atoms with Crippen LogP contribution in [-0.4, -0.2) is 20.7 Å². The Morgan fingerprint density at radius 3 is 2.67 bits per heavy atom. The van der Waals surface area contributed by atoms with Crippen molar-refractivity contribution in [2.24, 2.45) is 0 Å². The Morgan fingerprint density at radius 2 is 1.93 bits per heavy atom. The van der Waals surface area contributed by atoms with Crippen LogP contribution in [0.3, 0.4) is 0 Å². The van der Waals surface area contributed by atoms with Gasteiger partial charge in [-0.25, -0.2) is 13.1 Å². The Hall–Kier alpha value is -1.40. The molecule has 0 amide bonds. The monoisotopic (exact) mass is 406 g/mol.